The summed E-state index contributed by atoms with van der Waals surface area (Å²) in [6, 6.07) is 10.2. The third-order valence-electron chi connectivity index (χ3n) is 5.64. The molecule has 2 rings (SSSR count). The Bertz CT molecular complexity index is 1320. The molecule has 0 unspecified atom stereocenters. The second-order valence-electron chi connectivity index (χ2n) is 13.4. The molecule has 0 saturated carbocycles. The standard InChI is InChI=1S/C29H44O6S2/c1-20(2)21-12-14-23(25(16-21)36(30,31)34-18-27(3,4)5)24-15-13-22(29(9,10)11)17-26(24)37(32,33)35-19-28(6,7)8/h12-17,20H,18-19H2,1-11H3. The van der Waals surface area contributed by atoms with Gasteiger partial charge in [0.15, 0.2) is 0 Å². The average Bonchev–Trinajstić information content (AvgIpc) is 2.74. The van der Waals surface area contributed by atoms with E-state index in [4.69, 9.17) is 8.37 Å². The van der Waals surface area contributed by atoms with Crippen LogP contribution in [0.2, 0.25) is 0 Å². The van der Waals surface area contributed by atoms with Crippen LogP contribution in [0.15, 0.2) is 46.2 Å². The summed E-state index contributed by atoms with van der Waals surface area (Å²) in [6.07, 6.45) is 0. The fourth-order valence-corrected chi connectivity index (χ4v) is 6.10. The van der Waals surface area contributed by atoms with E-state index in [1.165, 1.54) is 0 Å². The van der Waals surface area contributed by atoms with Crippen LogP contribution in [0.1, 0.15) is 93.2 Å². The van der Waals surface area contributed by atoms with E-state index in [1.807, 2.05) is 88.3 Å². The second kappa shape index (κ2) is 10.8. The van der Waals surface area contributed by atoms with Gasteiger partial charge in [0.25, 0.3) is 20.2 Å². The molecule has 0 N–H and O–H groups in total. The zero-order valence-corrected chi connectivity index (χ0v) is 25.9. The Labute approximate surface area is 225 Å². The number of hydrogen-bond acceptors (Lipinski definition) is 6. The highest BCUT2D eigenvalue weighted by atomic mass is 32.2. The van der Waals surface area contributed by atoms with Gasteiger partial charge in [0, 0.05) is 11.1 Å². The molecule has 0 bridgehead atoms. The molecule has 0 fully saturated rings. The van der Waals surface area contributed by atoms with Gasteiger partial charge in [-0.05, 0) is 45.4 Å². The summed E-state index contributed by atoms with van der Waals surface area (Å²) < 4.78 is 65.0. The summed E-state index contributed by atoms with van der Waals surface area (Å²) in [4.78, 5) is -0.118. The quantitative estimate of drug-likeness (QED) is 0.320. The van der Waals surface area contributed by atoms with Crippen LogP contribution in [0.4, 0.5) is 0 Å². The lowest BCUT2D eigenvalue weighted by Crippen LogP contribution is -2.21. The predicted octanol–water partition coefficient (Wildman–Crippen LogP) is 7.28. The van der Waals surface area contributed by atoms with Crippen LogP contribution < -0.4 is 0 Å². The van der Waals surface area contributed by atoms with Gasteiger partial charge >= 0.3 is 0 Å². The third kappa shape index (κ3) is 8.63. The lowest BCUT2D eigenvalue weighted by molar-refractivity contribution is 0.203. The molecular formula is C29H44O6S2. The number of hydrogen-bond donors (Lipinski definition) is 0. The Morgan fingerprint density at radius 2 is 1.05 bits per heavy atom. The molecule has 8 heteroatoms. The van der Waals surface area contributed by atoms with Crippen molar-refractivity contribution in [2.24, 2.45) is 10.8 Å². The highest BCUT2D eigenvalue weighted by Crippen LogP contribution is 2.38. The summed E-state index contributed by atoms with van der Waals surface area (Å²) in [5, 5.41) is 0. The van der Waals surface area contributed by atoms with Crippen molar-refractivity contribution in [3.05, 3.63) is 47.5 Å². The summed E-state index contributed by atoms with van der Waals surface area (Å²) in [5.41, 5.74) is 1.02. The molecule has 0 heterocycles. The van der Waals surface area contributed by atoms with E-state index in [0.717, 1.165) is 11.1 Å². The molecule has 0 radical (unpaired) electrons. The maximum absolute atomic E-state index is 13.5. The van der Waals surface area contributed by atoms with Gasteiger partial charge in [0.1, 0.15) is 9.79 Å². The van der Waals surface area contributed by atoms with Gasteiger partial charge in [0.05, 0.1) is 13.2 Å². The molecule has 2 aromatic carbocycles. The number of benzene rings is 2. The zero-order chi connectivity index (χ0) is 28.6. The van der Waals surface area contributed by atoms with E-state index < -0.39 is 20.2 Å². The highest BCUT2D eigenvalue weighted by Gasteiger charge is 2.30. The minimum atomic E-state index is -4.21. The molecule has 0 aromatic heterocycles. The first-order valence-corrected chi connectivity index (χ1v) is 15.4. The van der Waals surface area contributed by atoms with Gasteiger partial charge < -0.3 is 0 Å². The second-order valence-corrected chi connectivity index (χ2v) is 16.6. The van der Waals surface area contributed by atoms with Gasteiger partial charge in [-0.3, -0.25) is 8.37 Å². The van der Waals surface area contributed by atoms with Crippen molar-refractivity contribution in [3.8, 4) is 11.1 Å². The van der Waals surface area contributed by atoms with Crippen LogP contribution in [0.25, 0.3) is 11.1 Å². The van der Waals surface area contributed by atoms with Crippen molar-refractivity contribution in [2.45, 2.75) is 97.3 Å². The Hall–Kier alpha value is -1.74. The zero-order valence-electron chi connectivity index (χ0n) is 24.2. The molecule has 0 aliphatic heterocycles. The normalized spacial score (nSPS) is 13.8. The molecule has 0 atom stereocenters. The van der Waals surface area contributed by atoms with E-state index in [2.05, 4.69) is 0 Å². The summed E-state index contributed by atoms with van der Waals surface area (Å²) in [6.45, 7) is 21.2. The monoisotopic (exact) mass is 552 g/mol. The van der Waals surface area contributed by atoms with Crippen molar-refractivity contribution in [3.63, 3.8) is 0 Å². The summed E-state index contributed by atoms with van der Waals surface area (Å²) in [5.74, 6) is 0.0622. The van der Waals surface area contributed by atoms with Gasteiger partial charge in [0.2, 0.25) is 0 Å². The molecule has 0 saturated heterocycles. The van der Waals surface area contributed by atoms with E-state index >= 15 is 0 Å². The fourth-order valence-electron chi connectivity index (χ4n) is 3.38. The summed E-state index contributed by atoms with van der Waals surface area (Å²) >= 11 is 0. The minimum absolute atomic E-state index is 0.0104. The minimum Gasteiger partial charge on any atom is -0.266 e. The Balaban J connectivity index is 2.86. The lowest BCUT2D eigenvalue weighted by atomic mass is 9.86. The first-order chi connectivity index (χ1) is 16.5. The van der Waals surface area contributed by atoms with Crippen molar-refractivity contribution in [1.29, 1.82) is 0 Å². The lowest BCUT2D eigenvalue weighted by Gasteiger charge is -2.24. The van der Waals surface area contributed by atoms with Gasteiger partial charge in [-0.2, -0.15) is 16.8 Å². The first kappa shape index (κ1) is 31.5. The maximum Gasteiger partial charge on any atom is 0.297 e. The Morgan fingerprint density at radius 1 is 0.649 bits per heavy atom. The molecule has 0 amide bonds. The molecule has 37 heavy (non-hydrogen) atoms. The van der Waals surface area contributed by atoms with Crippen LogP contribution >= 0.6 is 0 Å². The molecule has 0 aliphatic rings. The van der Waals surface area contributed by atoms with Gasteiger partial charge in [-0.25, -0.2) is 0 Å². The van der Waals surface area contributed by atoms with Crippen molar-refractivity contribution in [2.75, 3.05) is 13.2 Å². The average molecular weight is 553 g/mol. The Morgan fingerprint density at radius 3 is 1.43 bits per heavy atom. The maximum atomic E-state index is 13.5. The smallest absolute Gasteiger partial charge is 0.266 e. The molecular weight excluding hydrogens is 508 g/mol. The Kier molecular flexibility index (Phi) is 9.18. The van der Waals surface area contributed by atoms with Crippen molar-refractivity contribution >= 4 is 20.2 Å². The largest absolute Gasteiger partial charge is 0.297 e. The molecule has 0 spiro atoms. The van der Waals surface area contributed by atoms with E-state index in [-0.39, 0.29) is 56.3 Å². The van der Waals surface area contributed by atoms with E-state index in [0.29, 0.717) is 0 Å². The fraction of sp³-hybridized carbons (Fsp3) is 0.586. The van der Waals surface area contributed by atoms with Crippen molar-refractivity contribution < 1.29 is 25.2 Å². The SMILES string of the molecule is CC(C)c1ccc(-c2ccc(C(C)(C)C)cc2S(=O)(=O)OCC(C)(C)C)c(S(=O)(=O)OCC(C)(C)C)c1. The van der Waals surface area contributed by atoms with Crippen LogP contribution in [-0.2, 0) is 34.0 Å². The van der Waals surface area contributed by atoms with Crippen LogP contribution in [0.3, 0.4) is 0 Å². The van der Waals surface area contributed by atoms with Crippen molar-refractivity contribution in [1.82, 2.24) is 0 Å². The molecule has 0 aliphatic carbocycles. The highest BCUT2D eigenvalue weighted by molar-refractivity contribution is 7.87. The molecule has 208 valence electrons. The molecule has 6 nitrogen and oxygen atoms in total. The third-order valence-corrected chi connectivity index (χ3v) is 8.25. The van der Waals surface area contributed by atoms with Crippen LogP contribution in [-0.4, -0.2) is 30.0 Å². The van der Waals surface area contributed by atoms with Gasteiger partial charge in [-0.1, -0.05) is 100 Å². The van der Waals surface area contributed by atoms with E-state index in [1.54, 1.807) is 24.3 Å². The van der Waals surface area contributed by atoms with E-state index in [9.17, 15) is 16.8 Å². The van der Waals surface area contributed by atoms with Crippen LogP contribution in [0.5, 0.6) is 0 Å². The topological polar surface area (TPSA) is 86.7 Å². The summed E-state index contributed by atoms with van der Waals surface area (Å²) in [7, 11) is -8.42. The number of rotatable bonds is 8. The van der Waals surface area contributed by atoms with Gasteiger partial charge in [-0.15, -0.1) is 0 Å². The van der Waals surface area contributed by atoms with Crippen LogP contribution in [0, 0.1) is 10.8 Å². The molecule has 2 aromatic rings. The predicted molar refractivity (Wildman–Crippen MR) is 150 cm³/mol. The first-order valence-electron chi connectivity index (χ1n) is 12.6.